The summed E-state index contributed by atoms with van der Waals surface area (Å²) in [7, 11) is 2.94. The number of carbonyl (C=O) groups excluding carboxylic acids is 2. The van der Waals surface area contributed by atoms with Crippen LogP contribution in [0.5, 0.6) is 0 Å². The van der Waals surface area contributed by atoms with Crippen molar-refractivity contribution in [2.24, 2.45) is 5.92 Å². The Morgan fingerprint density at radius 1 is 1.40 bits per heavy atom. The van der Waals surface area contributed by atoms with Gasteiger partial charge in [0, 0.05) is 20.2 Å². The number of methoxy groups -OCH3 is 2. The molecule has 1 fully saturated rings. The Morgan fingerprint density at radius 2 is 2.13 bits per heavy atom. The van der Waals surface area contributed by atoms with Gasteiger partial charge in [-0.15, -0.1) is 0 Å². The monoisotopic (exact) mass is 215 g/mol. The zero-order valence-electron chi connectivity index (χ0n) is 9.19. The fraction of sp³-hybridized carbons (Fsp3) is 0.800. The number of carbonyl (C=O) groups is 2. The smallest absolute Gasteiger partial charge is 0.310 e. The molecule has 1 rings (SSSR count). The highest BCUT2D eigenvalue weighted by atomic mass is 16.5. The molecular formula is C10H17NO4. The average Bonchev–Trinajstić information content (AvgIpc) is 2.74. The van der Waals surface area contributed by atoms with E-state index in [0.29, 0.717) is 32.5 Å². The number of amides is 1. The van der Waals surface area contributed by atoms with Gasteiger partial charge in [0.25, 0.3) is 0 Å². The van der Waals surface area contributed by atoms with E-state index in [4.69, 9.17) is 4.74 Å². The lowest BCUT2D eigenvalue weighted by Gasteiger charge is -2.15. The summed E-state index contributed by atoms with van der Waals surface area (Å²) < 4.78 is 9.47. The van der Waals surface area contributed by atoms with E-state index in [1.54, 1.807) is 12.0 Å². The van der Waals surface area contributed by atoms with Crippen LogP contribution < -0.4 is 0 Å². The molecule has 0 spiro atoms. The average molecular weight is 215 g/mol. The van der Waals surface area contributed by atoms with Gasteiger partial charge >= 0.3 is 5.97 Å². The van der Waals surface area contributed by atoms with Crippen LogP contribution >= 0.6 is 0 Å². The van der Waals surface area contributed by atoms with Crippen LogP contribution in [-0.4, -0.2) is 50.7 Å². The third-order valence-electron chi connectivity index (χ3n) is 2.60. The highest BCUT2D eigenvalue weighted by Gasteiger charge is 2.31. The predicted octanol–water partition coefficient (Wildman–Crippen LogP) is 0.0444. The number of hydrogen-bond acceptors (Lipinski definition) is 4. The number of nitrogens with zero attached hydrogens (tertiary/aromatic N) is 1. The molecule has 0 aromatic rings. The summed E-state index contributed by atoms with van der Waals surface area (Å²) in [4.78, 5) is 24.5. The van der Waals surface area contributed by atoms with Gasteiger partial charge in [-0.05, 0) is 6.42 Å². The molecule has 1 aliphatic rings. The van der Waals surface area contributed by atoms with Gasteiger partial charge in [0.05, 0.1) is 26.1 Å². The summed E-state index contributed by atoms with van der Waals surface area (Å²) >= 11 is 0. The maximum Gasteiger partial charge on any atom is 0.310 e. The summed E-state index contributed by atoms with van der Waals surface area (Å²) in [6.45, 7) is 1.55. The van der Waals surface area contributed by atoms with Crippen molar-refractivity contribution in [1.82, 2.24) is 4.90 Å². The molecule has 86 valence electrons. The van der Waals surface area contributed by atoms with Crippen LogP contribution in [0.25, 0.3) is 0 Å². The second kappa shape index (κ2) is 5.70. The number of likely N-dealkylation sites (tertiary alicyclic amines) is 1. The van der Waals surface area contributed by atoms with E-state index >= 15 is 0 Å². The molecule has 0 aromatic heterocycles. The van der Waals surface area contributed by atoms with Gasteiger partial charge in [0.15, 0.2) is 0 Å². The molecule has 0 aromatic carbocycles. The molecule has 0 saturated carbocycles. The minimum atomic E-state index is -0.225. The van der Waals surface area contributed by atoms with Gasteiger partial charge < -0.3 is 14.4 Å². The third kappa shape index (κ3) is 3.20. The summed E-state index contributed by atoms with van der Waals surface area (Å²) in [5.74, 6) is -0.332. The van der Waals surface area contributed by atoms with E-state index in [-0.39, 0.29) is 17.8 Å². The first kappa shape index (κ1) is 12.0. The highest BCUT2D eigenvalue weighted by molar-refractivity contribution is 5.79. The minimum Gasteiger partial charge on any atom is -0.469 e. The number of esters is 1. The largest absolute Gasteiger partial charge is 0.469 e. The fourth-order valence-corrected chi connectivity index (χ4v) is 1.69. The molecule has 1 atom stereocenters. The van der Waals surface area contributed by atoms with Gasteiger partial charge in [0.2, 0.25) is 5.91 Å². The first-order valence-electron chi connectivity index (χ1n) is 5.03. The molecule has 1 amide bonds. The minimum absolute atomic E-state index is 0.0447. The second-order valence-corrected chi connectivity index (χ2v) is 3.59. The fourth-order valence-electron chi connectivity index (χ4n) is 1.69. The van der Waals surface area contributed by atoms with E-state index < -0.39 is 0 Å². The lowest BCUT2D eigenvalue weighted by molar-refractivity contribution is -0.145. The highest BCUT2D eigenvalue weighted by Crippen LogP contribution is 2.18. The molecule has 0 bridgehead atoms. The molecule has 5 nitrogen and oxygen atoms in total. The Hall–Kier alpha value is -1.10. The van der Waals surface area contributed by atoms with Crippen LogP contribution in [0.4, 0.5) is 0 Å². The van der Waals surface area contributed by atoms with Crippen LogP contribution in [0.2, 0.25) is 0 Å². The van der Waals surface area contributed by atoms with Crippen molar-refractivity contribution in [1.29, 1.82) is 0 Å². The van der Waals surface area contributed by atoms with E-state index in [1.807, 2.05) is 0 Å². The topological polar surface area (TPSA) is 55.8 Å². The van der Waals surface area contributed by atoms with Crippen LogP contribution in [0.1, 0.15) is 12.8 Å². The van der Waals surface area contributed by atoms with Crippen molar-refractivity contribution in [3.8, 4) is 0 Å². The first-order valence-corrected chi connectivity index (χ1v) is 5.03. The molecule has 15 heavy (non-hydrogen) atoms. The summed E-state index contributed by atoms with van der Waals surface area (Å²) in [5, 5.41) is 0. The third-order valence-corrected chi connectivity index (χ3v) is 2.60. The molecule has 5 heteroatoms. The molecule has 1 saturated heterocycles. The first-order chi connectivity index (χ1) is 7.19. The van der Waals surface area contributed by atoms with E-state index in [2.05, 4.69) is 4.74 Å². The number of rotatable bonds is 4. The molecular weight excluding hydrogens is 198 g/mol. The summed E-state index contributed by atoms with van der Waals surface area (Å²) in [6.07, 6.45) is 1.08. The molecule has 1 aliphatic heterocycles. The summed E-state index contributed by atoms with van der Waals surface area (Å²) in [6, 6.07) is 0. The van der Waals surface area contributed by atoms with Gasteiger partial charge in [-0.3, -0.25) is 9.59 Å². The zero-order chi connectivity index (χ0) is 11.3. The van der Waals surface area contributed by atoms with Gasteiger partial charge in [-0.25, -0.2) is 0 Å². The number of hydrogen-bond donors (Lipinski definition) is 0. The van der Waals surface area contributed by atoms with Gasteiger partial charge in [-0.1, -0.05) is 0 Å². The summed E-state index contributed by atoms with van der Waals surface area (Å²) in [5.41, 5.74) is 0. The van der Waals surface area contributed by atoms with Crippen molar-refractivity contribution in [2.45, 2.75) is 12.8 Å². The van der Waals surface area contributed by atoms with E-state index in [9.17, 15) is 9.59 Å². The standard InChI is InChI=1S/C10H17NO4/c1-14-6-4-9(12)11-5-3-8(7-11)10(13)15-2/h8H,3-7H2,1-2H3. The molecule has 0 aliphatic carbocycles. The maximum atomic E-state index is 11.6. The SMILES string of the molecule is COCCC(=O)N1CCC(C(=O)OC)C1. The lowest BCUT2D eigenvalue weighted by atomic mass is 10.1. The van der Waals surface area contributed by atoms with E-state index in [1.165, 1.54) is 7.11 Å². The molecule has 0 radical (unpaired) electrons. The maximum absolute atomic E-state index is 11.6. The van der Waals surface area contributed by atoms with Crippen molar-refractivity contribution in [2.75, 3.05) is 33.9 Å². The number of ether oxygens (including phenoxy) is 2. The second-order valence-electron chi connectivity index (χ2n) is 3.59. The van der Waals surface area contributed by atoms with Gasteiger partial charge in [0.1, 0.15) is 0 Å². The van der Waals surface area contributed by atoms with Crippen LogP contribution in [0, 0.1) is 5.92 Å². The Kier molecular flexibility index (Phi) is 4.55. The Bertz CT molecular complexity index is 242. The van der Waals surface area contributed by atoms with Crippen LogP contribution in [-0.2, 0) is 19.1 Å². The van der Waals surface area contributed by atoms with E-state index in [0.717, 1.165) is 0 Å². The van der Waals surface area contributed by atoms with Gasteiger partial charge in [-0.2, -0.15) is 0 Å². The zero-order valence-corrected chi connectivity index (χ0v) is 9.19. The normalized spacial score (nSPS) is 20.4. The van der Waals surface area contributed by atoms with Crippen LogP contribution in [0.3, 0.4) is 0 Å². The predicted molar refractivity (Wildman–Crippen MR) is 53.2 cm³/mol. The quantitative estimate of drug-likeness (QED) is 0.621. The van der Waals surface area contributed by atoms with Crippen molar-refractivity contribution in [3.05, 3.63) is 0 Å². The van der Waals surface area contributed by atoms with Crippen molar-refractivity contribution >= 4 is 11.9 Å². The van der Waals surface area contributed by atoms with Crippen molar-refractivity contribution < 1.29 is 19.1 Å². The molecule has 1 heterocycles. The van der Waals surface area contributed by atoms with Crippen molar-refractivity contribution in [3.63, 3.8) is 0 Å². The Labute approximate surface area is 89.3 Å². The molecule has 0 N–H and O–H groups in total. The Morgan fingerprint density at radius 3 is 2.73 bits per heavy atom. The Balaban J connectivity index is 2.35. The lowest BCUT2D eigenvalue weighted by Crippen LogP contribution is -2.30. The van der Waals surface area contributed by atoms with Crippen LogP contribution in [0.15, 0.2) is 0 Å². The molecule has 1 unspecified atom stereocenters.